The number of unbranched alkanes of at least 4 members (excludes halogenated alkanes) is 1. The van der Waals surface area contributed by atoms with E-state index >= 15 is 38.0 Å². The monoisotopic (exact) mass is 1400 g/mol. The number of likely N-dealkylation sites (N-methyl/N-ethyl adjacent to an activating group) is 5. The van der Waals surface area contributed by atoms with Gasteiger partial charge in [-0.1, -0.05) is 78.1 Å². The summed E-state index contributed by atoms with van der Waals surface area (Å²) in [4.78, 5) is 190. The van der Waals surface area contributed by atoms with Gasteiger partial charge in [0.05, 0.1) is 20.1 Å². The molecule has 12 amide bonds. The first-order valence-corrected chi connectivity index (χ1v) is 35.8. The number of hydrogen-bond acceptors (Lipinski definition) is 13. The van der Waals surface area contributed by atoms with Gasteiger partial charge in [-0.05, 0) is 138 Å². The third kappa shape index (κ3) is 19.2. The molecule has 7 rings (SSSR count). The summed E-state index contributed by atoms with van der Waals surface area (Å²) in [7, 11) is 8.41. The second-order valence-electron chi connectivity index (χ2n) is 29.3. The Labute approximate surface area is 587 Å². The molecule has 1 aliphatic carbocycles. The maximum absolute atomic E-state index is 15.6. The van der Waals surface area contributed by atoms with Crippen molar-refractivity contribution in [1.82, 2.24) is 60.5 Å². The predicted molar refractivity (Wildman–Crippen MR) is 369 cm³/mol. The number of likely N-dealkylation sites (tertiary alicyclic amines) is 1. The van der Waals surface area contributed by atoms with Crippen LogP contribution in [-0.2, 0) is 70.4 Å². The lowest BCUT2D eigenvalue weighted by Gasteiger charge is -2.47. The van der Waals surface area contributed by atoms with E-state index in [0.717, 1.165) is 33.6 Å². The zero-order valence-electron chi connectivity index (χ0n) is 60.9. The molecule has 4 heterocycles. The maximum atomic E-state index is 15.6. The molecule has 100 heavy (non-hydrogen) atoms. The third-order valence-electron chi connectivity index (χ3n) is 20.9. The van der Waals surface area contributed by atoms with Crippen molar-refractivity contribution in [2.75, 3.05) is 75.1 Å². The average molecular weight is 1400 g/mol. The van der Waals surface area contributed by atoms with Gasteiger partial charge in [0.1, 0.15) is 65.7 Å². The molecule has 4 aliphatic heterocycles. The van der Waals surface area contributed by atoms with Gasteiger partial charge < -0.3 is 65.2 Å². The van der Waals surface area contributed by atoms with Crippen molar-refractivity contribution < 1.29 is 71.1 Å². The number of halogens is 2. The van der Waals surface area contributed by atoms with Crippen LogP contribution in [0.4, 0.5) is 8.78 Å². The topological polar surface area (TPSA) is 288 Å². The molecule has 4 N–H and O–H groups in total. The Hall–Kier alpha value is -8.26. The summed E-state index contributed by atoms with van der Waals surface area (Å²) in [5.74, 6) is -11.1. The SMILES string of the molecule is CCCCC1NC(=O)[C@H](Cc2cccc(F)c2F)NC(=O)CN(C)C(=O)[C@H](Cc2ccc(OC)cc2)N(C)C(=O)[C@@H]2CCN2C(=O)[C@@H]2CCCCN2C(=O)C(C2CCC2)NC(=O)C(CC(C)C)N(C)C(=O)C[C@@H](C(=O)N2CCCCC2)N(C)C(=O)[C@H](CC(C)C)NC(=O)C(C)(C)N(C)C1=O. The number of benzene rings is 2. The molecule has 0 bridgehead atoms. The van der Waals surface area contributed by atoms with Crippen molar-refractivity contribution in [3.05, 3.63) is 65.2 Å². The molecule has 9 atom stereocenters. The van der Waals surface area contributed by atoms with Gasteiger partial charge >= 0.3 is 0 Å². The molecule has 5 fully saturated rings. The Morgan fingerprint density at radius 2 is 1.24 bits per heavy atom. The minimum atomic E-state index is -1.78. The number of carbonyl (C=O) groups excluding carboxylic acids is 12. The summed E-state index contributed by atoms with van der Waals surface area (Å²) in [6.45, 7) is 12.5. The van der Waals surface area contributed by atoms with E-state index in [1.54, 1.807) is 29.2 Å². The molecule has 25 nitrogen and oxygen atoms in total. The normalized spacial score (nSPS) is 26.3. The van der Waals surface area contributed by atoms with Gasteiger partial charge in [-0.25, -0.2) is 8.78 Å². The molecule has 552 valence electrons. The lowest BCUT2D eigenvalue weighted by atomic mass is 9.78. The molecule has 0 spiro atoms. The highest BCUT2D eigenvalue weighted by Crippen LogP contribution is 2.34. The number of nitrogens with one attached hydrogen (secondary N) is 4. The second kappa shape index (κ2) is 35.4. The Bertz CT molecular complexity index is 3290. The average Bonchev–Trinajstić information content (AvgIpc) is 0.772. The van der Waals surface area contributed by atoms with Crippen LogP contribution in [0, 0.1) is 29.4 Å². The van der Waals surface area contributed by atoms with Crippen LogP contribution in [0.5, 0.6) is 5.75 Å². The standard InChI is InChI=1S/C73H108F2N12O13/c1-14-15-27-51-66(93)84(12)73(6,7)72(99)78-53(38-44(2)3)65(92)82(10)58(69(96)85-34-18-16-19-35-85)42-60(89)81(9)56(39-45(4)5)64(91)79-62(47-23-21-24-47)71(98)86-36-20-17-28-54(86)70(97)87-37-33-55(87)68(95)83(11)57(40-46-29-31-49(100-13)32-30-46)67(94)80(8)43-59(88)76-52(63(90)77-51)41-48-25-22-26-50(74)61(48)75/h22,25-26,29-32,44-45,47,51-58,62H,14-21,23-24,27-28,33-43H2,1-13H3,(H,76,88)(H,77,90)(H,78,99)(H,79,91)/t51?,52-,53-,54-,55-,56?,57-,58-,62?/m0/s1. The van der Waals surface area contributed by atoms with Crippen LogP contribution in [0.25, 0.3) is 0 Å². The second-order valence-corrected chi connectivity index (χ2v) is 29.3. The van der Waals surface area contributed by atoms with E-state index < -0.39 is 162 Å². The quantitative estimate of drug-likeness (QED) is 0.205. The first-order valence-electron chi connectivity index (χ1n) is 35.8. The van der Waals surface area contributed by atoms with Gasteiger partial charge in [0, 0.05) is 74.3 Å². The Kier molecular flexibility index (Phi) is 28.0. The molecule has 0 radical (unpaired) electrons. The van der Waals surface area contributed by atoms with Crippen molar-refractivity contribution >= 4 is 70.9 Å². The van der Waals surface area contributed by atoms with Gasteiger partial charge in [-0.3, -0.25) is 57.5 Å². The molecule has 2 aromatic carbocycles. The van der Waals surface area contributed by atoms with Gasteiger partial charge in [-0.2, -0.15) is 0 Å². The number of nitrogens with zero attached hydrogens (tertiary/aromatic N) is 8. The Morgan fingerprint density at radius 1 is 0.600 bits per heavy atom. The van der Waals surface area contributed by atoms with Crippen molar-refractivity contribution in [2.45, 2.75) is 224 Å². The first-order chi connectivity index (χ1) is 47.3. The van der Waals surface area contributed by atoms with E-state index in [-0.39, 0.29) is 74.9 Å². The van der Waals surface area contributed by atoms with E-state index in [2.05, 4.69) is 21.3 Å². The Balaban J connectivity index is 1.30. The van der Waals surface area contributed by atoms with Crippen LogP contribution >= 0.6 is 0 Å². The third-order valence-corrected chi connectivity index (χ3v) is 20.9. The predicted octanol–water partition coefficient (Wildman–Crippen LogP) is 4.35. The van der Waals surface area contributed by atoms with Crippen LogP contribution in [0.15, 0.2) is 42.5 Å². The van der Waals surface area contributed by atoms with Crippen molar-refractivity contribution in [3.63, 3.8) is 0 Å². The van der Waals surface area contributed by atoms with Crippen molar-refractivity contribution in [1.29, 1.82) is 0 Å². The number of rotatable bonds is 14. The van der Waals surface area contributed by atoms with E-state index in [4.69, 9.17) is 4.74 Å². The summed E-state index contributed by atoms with van der Waals surface area (Å²) < 4.78 is 35.9. The van der Waals surface area contributed by atoms with Crippen molar-refractivity contribution in [3.8, 4) is 5.75 Å². The summed E-state index contributed by atoms with van der Waals surface area (Å²) in [6.07, 6.45) is 5.59. The lowest BCUT2D eigenvalue weighted by molar-refractivity contribution is -0.162. The summed E-state index contributed by atoms with van der Waals surface area (Å²) in [5.41, 5.74) is -1.50. The van der Waals surface area contributed by atoms with Crippen LogP contribution in [0.3, 0.4) is 0 Å². The molecule has 4 saturated heterocycles. The van der Waals surface area contributed by atoms with E-state index in [1.165, 1.54) is 87.9 Å². The number of carbonyl (C=O) groups is 12. The number of piperidine rings is 2. The van der Waals surface area contributed by atoms with Gasteiger partial charge in [0.25, 0.3) is 0 Å². The number of hydrogen-bond donors (Lipinski definition) is 4. The smallest absolute Gasteiger partial charge is 0.246 e. The molecule has 27 heteroatoms. The minimum absolute atomic E-state index is 0.00607. The molecular weight excluding hydrogens is 1290 g/mol. The summed E-state index contributed by atoms with van der Waals surface area (Å²) in [5, 5.41) is 11.2. The maximum Gasteiger partial charge on any atom is 0.246 e. The van der Waals surface area contributed by atoms with Gasteiger partial charge in [0.2, 0.25) is 70.9 Å². The molecular formula is C73H108F2N12O13. The van der Waals surface area contributed by atoms with E-state index in [0.29, 0.717) is 75.8 Å². The highest BCUT2D eigenvalue weighted by molar-refractivity contribution is 6.01. The van der Waals surface area contributed by atoms with Crippen LogP contribution in [0.2, 0.25) is 0 Å². The highest BCUT2D eigenvalue weighted by atomic mass is 19.2. The molecule has 5 aliphatic rings. The molecule has 2 aromatic rings. The number of amides is 12. The number of ether oxygens (including phenoxy) is 1. The number of methoxy groups -OCH3 is 1. The summed E-state index contributed by atoms with van der Waals surface area (Å²) >= 11 is 0. The van der Waals surface area contributed by atoms with Gasteiger partial charge in [-0.15, -0.1) is 0 Å². The van der Waals surface area contributed by atoms with Crippen LogP contribution < -0.4 is 26.0 Å². The van der Waals surface area contributed by atoms with Crippen LogP contribution in [-0.4, -0.2) is 245 Å². The van der Waals surface area contributed by atoms with E-state index in [9.17, 15) is 28.4 Å². The highest BCUT2D eigenvalue weighted by Gasteiger charge is 2.49. The fourth-order valence-electron chi connectivity index (χ4n) is 13.9. The number of fused-ring (bicyclic) bond motifs is 2. The first kappa shape index (κ1) is 79.1. The largest absolute Gasteiger partial charge is 0.497 e. The Morgan fingerprint density at radius 3 is 1.84 bits per heavy atom. The lowest BCUT2D eigenvalue weighted by Crippen LogP contribution is -2.66. The fourth-order valence-corrected chi connectivity index (χ4v) is 13.9. The summed E-state index contributed by atoms with van der Waals surface area (Å²) in [6, 6.07) is -1.44. The molecule has 0 aromatic heterocycles. The van der Waals surface area contributed by atoms with E-state index in [1.807, 2.05) is 34.6 Å². The van der Waals surface area contributed by atoms with Crippen molar-refractivity contribution in [2.24, 2.45) is 17.8 Å². The van der Waals surface area contributed by atoms with Crippen LogP contribution in [0.1, 0.15) is 162 Å². The fraction of sp³-hybridized carbons (Fsp3) is 0.671. The molecule has 1 saturated carbocycles. The minimum Gasteiger partial charge on any atom is -0.497 e. The zero-order chi connectivity index (χ0) is 73.6. The van der Waals surface area contributed by atoms with Gasteiger partial charge in [0.15, 0.2) is 11.6 Å². The molecule has 3 unspecified atom stereocenters. The zero-order valence-corrected chi connectivity index (χ0v) is 60.9.